The van der Waals surface area contributed by atoms with Crippen molar-refractivity contribution in [2.75, 3.05) is 19.6 Å². The molecule has 1 amide bonds. The number of amides is 1. The zero-order chi connectivity index (χ0) is 14.4. The number of carbonyl (C=O) groups is 1. The van der Waals surface area contributed by atoms with Gasteiger partial charge in [-0.1, -0.05) is 11.6 Å². The van der Waals surface area contributed by atoms with Crippen LogP contribution in [-0.4, -0.2) is 36.6 Å². The standard InChI is InChI=1S/C15H21N3O2.2ClH/c1-11(2)20-13-4-3-7-17-14(13)15(19)18-10-12-5-8-16-9-6-12;;/h3-5,7,11,16H,6,8-10H2,1-2H3,(H,18,19);2*1H. The number of aromatic nitrogens is 1. The fourth-order valence-corrected chi connectivity index (χ4v) is 2.02. The molecule has 0 saturated carbocycles. The molecule has 1 aliphatic heterocycles. The second kappa shape index (κ2) is 10.4. The fraction of sp³-hybridized carbons (Fsp3) is 0.467. The first-order valence-electron chi connectivity index (χ1n) is 6.95. The van der Waals surface area contributed by atoms with Crippen LogP contribution in [0.5, 0.6) is 5.75 Å². The van der Waals surface area contributed by atoms with Crippen molar-refractivity contribution in [2.24, 2.45) is 0 Å². The Labute approximate surface area is 143 Å². The molecular formula is C15H23Cl2N3O2. The van der Waals surface area contributed by atoms with E-state index < -0.39 is 0 Å². The molecule has 124 valence electrons. The van der Waals surface area contributed by atoms with E-state index in [4.69, 9.17) is 4.74 Å². The Balaban J connectivity index is 0.00000220. The highest BCUT2D eigenvalue weighted by Crippen LogP contribution is 2.17. The highest BCUT2D eigenvalue weighted by atomic mass is 35.5. The van der Waals surface area contributed by atoms with Crippen LogP contribution < -0.4 is 15.4 Å². The minimum Gasteiger partial charge on any atom is -0.489 e. The second-order valence-corrected chi connectivity index (χ2v) is 5.02. The van der Waals surface area contributed by atoms with Crippen molar-refractivity contribution in [2.45, 2.75) is 26.4 Å². The van der Waals surface area contributed by atoms with E-state index in [9.17, 15) is 4.79 Å². The number of ether oxygens (including phenoxy) is 1. The fourth-order valence-electron chi connectivity index (χ4n) is 2.02. The van der Waals surface area contributed by atoms with Gasteiger partial charge in [0.05, 0.1) is 6.10 Å². The summed E-state index contributed by atoms with van der Waals surface area (Å²) < 4.78 is 5.61. The molecule has 0 saturated heterocycles. The van der Waals surface area contributed by atoms with Crippen LogP contribution in [0.3, 0.4) is 0 Å². The number of rotatable bonds is 5. The Kier molecular flexibility index (Phi) is 9.81. The molecule has 1 aliphatic rings. The molecule has 1 aromatic rings. The van der Waals surface area contributed by atoms with E-state index in [-0.39, 0.29) is 36.8 Å². The molecular weight excluding hydrogens is 325 g/mol. The van der Waals surface area contributed by atoms with Gasteiger partial charge in [0.1, 0.15) is 0 Å². The van der Waals surface area contributed by atoms with E-state index in [1.165, 1.54) is 5.57 Å². The lowest BCUT2D eigenvalue weighted by atomic mass is 10.1. The van der Waals surface area contributed by atoms with Crippen molar-refractivity contribution in [3.05, 3.63) is 35.7 Å². The first kappa shape index (κ1) is 20.7. The largest absolute Gasteiger partial charge is 0.489 e. The van der Waals surface area contributed by atoms with Crippen molar-refractivity contribution >= 4 is 30.7 Å². The van der Waals surface area contributed by atoms with Crippen molar-refractivity contribution < 1.29 is 9.53 Å². The number of hydrogen-bond acceptors (Lipinski definition) is 4. The van der Waals surface area contributed by atoms with Crippen LogP contribution in [-0.2, 0) is 0 Å². The summed E-state index contributed by atoms with van der Waals surface area (Å²) in [6.07, 6.45) is 4.70. The topological polar surface area (TPSA) is 63.2 Å². The molecule has 2 N–H and O–H groups in total. The molecule has 0 bridgehead atoms. The van der Waals surface area contributed by atoms with Gasteiger partial charge in [0.15, 0.2) is 11.4 Å². The lowest BCUT2D eigenvalue weighted by Crippen LogP contribution is -2.30. The van der Waals surface area contributed by atoms with Gasteiger partial charge in [0.25, 0.3) is 5.91 Å². The normalized spacial score (nSPS) is 13.5. The van der Waals surface area contributed by atoms with Crippen molar-refractivity contribution in [1.29, 1.82) is 0 Å². The van der Waals surface area contributed by atoms with Crippen molar-refractivity contribution in [3.63, 3.8) is 0 Å². The first-order chi connectivity index (χ1) is 9.66. The number of nitrogens with zero attached hydrogens (tertiary/aromatic N) is 1. The Bertz CT molecular complexity index is 507. The summed E-state index contributed by atoms with van der Waals surface area (Å²) in [6, 6.07) is 3.54. The van der Waals surface area contributed by atoms with Crippen LogP contribution in [0, 0.1) is 0 Å². The third-order valence-electron chi connectivity index (χ3n) is 2.98. The Morgan fingerprint density at radius 1 is 1.45 bits per heavy atom. The maximum Gasteiger partial charge on any atom is 0.273 e. The van der Waals surface area contributed by atoms with Crippen LogP contribution in [0.1, 0.15) is 30.8 Å². The first-order valence-corrected chi connectivity index (χ1v) is 6.95. The lowest BCUT2D eigenvalue weighted by molar-refractivity contribution is 0.0945. The highest BCUT2D eigenvalue weighted by molar-refractivity contribution is 5.95. The van der Waals surface area contributed by atoms with Gasteiger partial charge < -0.3 is 15.4 Å². The molecule has 7 heteroatoms. The van der Waals surface area contributed by atoms with Crippen LogP contribution in [0.15, 0.2) is 30.0 Å². The Morgan fingerprint density at radius 2 is 2.23 bits per heavy atom. The van der Waals surface area contributed by atoms with Gasteiger partial charge in [-0.25, -0.2) is 4.98 Å². The monoisotopic (exact) mass is 347 g/mol. The average molecular weight is 348 g/mol. The quantitative estimate of drug-likeness (QED) is 0.802. The molecule has 0 unspecified atom stereocenters. The number of halogens is 2. The number of carbonyl (C=O) groups excluding carboxylic acids is 1. The van der Waals surface area contributed by atoms with Gasteiger partial charge in [-0.05, 0) is 38.9 Å². The molecule has 0 fully saturated rings. The number of pyridine rings is 1. The lowest BCUT2D eigenvalue weighted by Gasteiger charge is -2.16. The predicted octanol–water partition coefficient (Wildman–Crippen LogP) is 2.36. The van der Waals surface area contributed by atoms with E-state index in [0.717, 1.165) is 19.5 Å². The SMILES string of the molecule is CC(C)Oc1cccnc1C(=O)NCC1=CCNCC1.Cl.Cl. The average Bonchev–Trinajstić information content (AvgIpc) is 2.46. The summed E-state index contributed by atoms with van der Waals surface area (Å²) in [5.74, 6) is 0.333. The summed E-state index contributed by atoms with van der Waals surface area (Å²) in [5, 5.41) is 6.15. The van der Waals surface area contributed by atoms with Gasteiger partial charge >= 0.3 is 0 Å². The minimum atomic E-state index is -0.194. The molecule has 1 aromatic heterocycles. The molecule has 2 rings (SSSR count). The van der Waals surface area contributed by atoms with E-state index in [1.54, 1.807) is 18.3 Å². The van der Waals surface area contributed by atoms with Crippen LogP contribution >= 0.6 is 24.8 Å². The van der Waals surface area contributed by atoms with Crippen LogP contribution in [0.25, 0.3) is 0 Å². The molecule has 22 heavy (non-hydrogen) atoms. The summed E-state index contributed by atoms with van der Waals surface area (Å²) in [7, 11) is 0. The van der Waals surface area contributed by atoms with E-state index in [0.29, 0.717) is 18.0 Å². The van der Waals surface area contributed by atoms with Gasteiger partial charge in [-0.3, -0.25) is 4.79 Å². The van der Waals surface area contributed by atoms with Crippen molar-refractivity contribution in [3.8, 4) is 5.75 Å². The zero-order valence-corrected chi connectivity index (χ0v) is 14.4. The maximum atomic E-state index is 12.2. The third-order valence-corrected chi connectivity index (χ3v) is 2.98. The molecule has 0 aliphatic carbocycles. The van der Waals surface area contributed by atoms with Gasteiger partial charge in [0, 0.05) is 19.3 Å². The summed E-state index contributed by atoms with van der Waals surface area (Å²) in [5.41, 5.74) is 1.59. The van der Waals surface area contributed by atoms with Gasteiger partial charge in [0.2, 0.25) is 0 Å². The molecule has 5 nitrogen and oxygen atoms in total. The van der Waals surface area contributed by atoms with Crippen LogP contribution in [0.4, 0.5) is 0 Å². The minimum absolute atomic E-state index is 0. The zero-order valence-electron chi connectivity index (χ0n) is 12.8. The molecule has 0 spiro atoms. The summed E-state index contributed by atoms with van der Waals surface area (Å²) in [4.78, 5) is 16.3. The van der Waals surface area contributed by atoms with Crippen molar-refractivity contribution in [1.82, 2.24) is 15.6 Å². The Morgan fingerprint density at radius 3 is 2.86 bits per heavy atom. The van der Waals surface area contributed by atoms with E-state index >= 15 is 0 Å². The maximum absolute atomic E-state index is 12.2. The number of nitrogens with one attached hydrogen (secondary N) is 2. The van der Waals surface area contributed by atoms with Gasteiger partial charge in [-0.2, -0.15) is 0 Å². The summed E-state index contributed by atoms with van der Waals surface area (Å²) in [6.45, 7) is 6.25. The number of hydrogen-bond donors (Lipinski definition) is 2. The van der Waals surface area contributed by atoms with Crippen LogP contribution in [0.2, 0.25) is 0 Å². The molecule has 2 heterocycles. The molecule has 0 aromatic carbocycles. The predicted molar refractivity (Wildman–Crippen MR) is 92.4 cm³/mol. The molecule has 0 atom stereocenters. The Hall–Kier alpha value is -1.30. The van der Waals surface area contributed by atoms with E-state index in [2.05, 4.69) is 21.7 Å². The second-order valence-electron chi connectivity index (χ2n) is 5.02. The third kappa shape index (κ3) is 6.22. The summed E-state index contributed by atoms with van der Waals surface area (Å²) >= 11 is 0. The molecule has 0 radical (unpaired) electrons. The smallest absolute Gasteiger partial charge is 0.273 e. The van der Waals surface area contributed by atoms with E-state index in [1.807, 2.05) is 13.8 Å². The highest BCUT2D eigenvalue weighted by Gasteiger charge is 2.15. The van der Waals surface area contributed by atoms with Gasteiger partial charge in [-0.15, -0.1) is 24.8 Å².